The minimum atomic E-state index is -3.90. The number of nitrogens with one attached hydrogen (secondary N) is 1. The fourth-order valence-corrected chi connectivity index (χ4v) is 2.84. The summed E-state index contributed by atoms with van der Waals surface area (Å²) in [5.74, 6) is -0.849. The lowest BCUT2D eigenvalue weighted by atomic mass is 10.3. The Morgan fingerprint density at radius 3 is 2.79 bits per heavy atom. The Labute approximate surface area is 120 Å². The number of anilines is 1. The third-order valence-corrected chi connectivity index (χ3v) is 4.47. The molecular formula is C11H16BrFN2O3S. The van der Waals surface area contributed by atoms with Crippen molar-refractivity contribution >= 4 is 31.6 Å². The van der Waals surface area contributed by atoms with Gasteiger partial charge >= 0.3 is 0 Å². The standard InChI is InChI=1S/C11H16BrFN2O3S/c1-2-18-5-3-4-15-19(16,17)11-7-10(14)8(12)6-9(11)13/h6-7,15H,2-5,14H2,1H3. The third kappa shape index (κ3) is 4.72. The predicted octanol–water partition coefficient (Wildman–Crippen LogP) is 1.88. The molecular weight excluding hydrogens is 339 g/mol. The molecule has 0 aliphatic rings. The first-order valence-corrected chi connectivity index (χ1v) is 7.98. The summed E-state index contributed by atoms with van der Waals surface area (Å²) in [5, 5.41) is 0. The molecule has 1 aromatic carbocycles. The van der Waals surface area contributed by atoms with E-state index in [2.05, 4.69) is 20.7 Å². The summed E-state index contributed by atoms with van der Waals surface area (Å²) in [7, 11) is -3.90. The van der Waals surface area contributed by atoms with Crippen LogP contribution in [0.2, 0.25) is 0 Å². The maximum atomic E-state index is 13.6. The van der Waals surface area contributed by atoms with Crippen LogP contribution < -0.4 is 10.5 Å². The molecule has 3 N–H and O–H groups in total. The normalized spacial score (nSPS) is 11.7. The number of nitrogen functional groups attached to an aromatic ring is 1. The highest BCUT2D eigenvalue weighted by molar-refractivity contribution is 9.10. The van der Waals surface area contributed by atoms with Crippen LogP contribution in [-0.2, 0) is 14.8 Å². The Morgan fingerprint density at radius 2 is 2.16 bits per heavy atom. The van der Waals surface area contributed by atoms with E-state index in [1.807, 2.05) is 6.92 Å². The zero-order chi connectivity index (χ0) is 14.5. The molecule has 0 aromatic heterocycles. The number of benzene rings is 1. The van der Waals surface area contributed by atoms with Gasteiger partial charge in [-0.25, -0.2) is 17.5 Å². The van der Waals surface area contributed by atoms with E-state index >= 15 is 0 Å². The van der Waals surface area contributed by atoms with Gasteiger partial charge in [0.05, 0.1) is 0 Å². The number of hydrogen-bond acceptors (Lipinski definition) is 4. The van der Waals surface area contributed by atoms with Crippen molar-refractivity contribution in [3.05, 3.63) is 22.4 Å². The van der Waals surface area contributed by atoms with Gasteiger partial charge in [-0.15, -0.1) is 0 Å². The molecule has 0 aliphatic heterocycles. The molecule has 108 valence electrons. The molecule has 5 nitrogen and oxygen atoms in total. The van der Waals surface area contributed by atoms with Crippen LogP contribution in [-0.4, -0.2) is 28.2 Å². The van der Waals surface area contributed by atoms with Crippen LogP contribution in [0, 0.1) is 5.82 Å². The van der Waals surface area contributed by atoms with Crippen molar-refractivity contribution in [2.24, 2.45) is 0 Å². The topological polar surface area (TPSA) is 81.4 Å². The fraction of sp³-hybridized carbons (Fsp3) is 0.455. The fourth-order valence-electron chi connectivity index (χ4n) is 1.35. The Kier molecular flexibility index (Phi) is 6.18. The largest absolute Gasteiger partial charge is 0.398 e. The number of ether oxygens (including phenoxy) is 1. The van der Waals surface area contributed by atoms with E-state index in [0.29, 0.717) is 24.1 Å². The van der Waals surface area contributed by atoms with E-state index in [4.69, 9.17) is 10.5 Å². The monoisotopic (exact) mass is 354 g/mol. The second-order valence-electron chi connectivity index (χ2n) is 3.75. The molecule has 0 unspecified atom stereocenters. The Bertz CT molecular complexity index is 537. The Balaban J connectivity index is 2.75. The van der Waals surface area contributed by atoms with Gasteiger partial charge in [-0.3, -0.25) is 0 Å². The van der Waals surface area contributed by atoms with Crippen molar-refractivity contribution in [2.75, 3.05) is 25.5 Å². The lowest BCUT2D eigenvalue weighted by Crippen LogP contribution is -2.26. The Morgan fingerprint density at radius 1 is 1.47 bits per heavy atom. The highest BCUT2D eigenvalue weighted by Crippen LogP contribution is 2.25. The van der Waals surface area contributed by atoms with Gasteiger partial charge in [0.15, 0.2) is 0 Å². The summed E-state index contributed by atoms with van der Waals surface area (Å²) in [6.07, 6.45) is 0.515. The smallest absolute Gasteiger partial charge is 0.243 e. The summed E-state index contributed by atoms with van der Waals surface area (Å²) in [5.41, 5.74) is 5.72. The summed E-state index contributed by atoms with van der Waals surface area (Å²) in [6.45, 7) is 3.05. The molecule has 0 fully saturated rings. The van der Waals surface area contributed by atoms with E-state index in [9.17, 15) is 12.8 Å². The first kappa shape index (κ1) is 16.4. The summed E-state index contributed by atoms with van der Waals surface area (Å²) in [6, 6.07) is 2.12. The van der Waals surface area contributed by atoms with Crippen molar-refractivity contribution in [1.82, 2.24) is 4.72 Å². The van der Waals surface area contributed by atoms with Crippen molar-refractivity contribution in [3.8, 4) is 0 Å². The van der Waals surface area contributed by atoms with Gasteiger partial charge in [0.2, 0.25) is 10.0 Å². The molecule has 1 rings (SSSR count). The second-order valence-corrected chi connectivity index (χ2v) is 6.34. The van der Waals surface area contributed by atoms with Crippen molar-refractivity contribution < 1.29 is 17.5 Å². The molecule has 0 heterocycles. The van der Waals surface area contributed by atoms with E-state index in [1.165, 1.54) is 0 Å². The molecule has 0 aliphatic carbocycles. The van der Waals surface area contributed by atoms with Crippen LogP contribution in [0.4, 0.5) is 10.1 Å². The number of sulfonamides is 1. The molecule has 0 saturated heterocycles. The first-order valence-electron chi connectivity index (χ1n) is 5.70. The van der Waals surface area contributed by atoms with Gasteiger partial charge < -0.3 is 10.5 Å². The third-order valence-electron chi connectivity index (χ3n) is 2.30. The molecule has 19 heavy (non-hydrogen) atoms. The SMILES string of the molecule is CCOCCCNS(=O)(=O)c1cc(N)c(Br)cc1F. The van der Waals surface area contributed by atoms with Crippen LogP contribution in [0.5, 0.6) is 0 Å². The van der Waals surface area contributed by atoms with E-state index in [1.54, 1.807) is 0 Å². The number of rotatable bonds is 7. The highest BCUT2D eigenvalue weighted by atomic mass is 79.9. The second kappa shape index (κ2) is 7.18. The van der Waals surface area contributed by atoms with Crippen LogP contribution in [0.15, 0.2) is 21.5 Å². The van der Waals surface area contributed by atoms with Gasteiger partial charge in [0.25, 0.3) is 0 Å². The predicted molar refractivity (Wildman–Crippen MR) is 74.8 cm³/mol. The number of halogens is 2. The summed E-state index contributed by atoms with van der Waals surface area (Å²) in [4.78, 5) is -0.454. The molecule has 0 bridgehead atoms. The molecule has 8 heteroatoms. The lowest BCUT2D eigenvalue weighted by Gasteiger charge is -2.09. The van der Waals surface area contributed by atoms with Gasteiger partial charge in [-0.2, -0.15) is 0 Å². The van der Waals surface area contributed by atoms with Crippen LogP contribution in [0.1, 0.15) is 13.3 Å². The minimum Gasteiger partial charge on any atom is -0.398 e. The lowest BCUT2D eigenvalue weighted by molar-refractivity contribution is 0.146. The highest BCUT2D eigenvalue weighted by Gasteiger charge is 2.20. The maximum absolute atomic E-state index is 13.6. The van der Waals surface area contributed by atoms with E-state index in [-0.39, 0.29) is 12.2 Å². The maximum Gasteiger partial charge on any atom is 0.243 e. The molecule has 0 spiro atoms. The van der Waals surface area contributed by atoms with Crippen LogP contribution in [0.3, 0.4) is 0 Å². The molecule has 0 amide bonds. The van der Waals surface area contributed by atoms with Crippen molar-refractivity contribution in [2.45, 2.75) is 18.2 Å². The van der Waals surface area contributed by atoms with Gasteiger partial charge in [0, 0.05) is 29.9 Å². The van der Waals surface area contributed by atoms with Crippen molar-refractivity contribution in [1.29, 1.82) is 0 Å². The quantitative estimate of drug-likeness (QED) is 0.578. The van der Waals surface area contributed by atoms with E-state index < -0.39 is 20.7 Å². The minimum absolute atomic E-state index is 0.163. The first-order chi connectivity index (χ1) is 8.88. The van der Waals surface area contributed by atoms with Gasteiger partial charge in [-0.05, 0) is 41.4 Å². The van der Waals surface area contributed by atoms with Gasteiger partial charge in [0.1, 0.15) is 10.7 Å². The zero-order valence-corrected chi connectivity index (χ0v) is 12.9. The molecule has 0 saturated carbocycles. The molecule has 1 aromatic rings. The Hall–Kier alpha value is -0.700. The number of hydrogen-bond donors (Lipinski definition) is 2. The average Bonchev–Trinajstić information content (AvgIpc) is 2.33. The number of nitrogens with two attached hydrogens (primary N) is 1. The van der Waals surface area contributed by atoms with Crippen LogP contribution >= 0.6 is 15.9 Å². The van der Waals surface area contributed by atoms with Crippen molar-refractivity contribution in [3.63, 3.8) is 0 Å². The summed E-state index contributed by atoms with van der Waals surface area (Å²) >= 11 is 3.03. The molecule has 0 atom stereocenters. The average molecular weight is 355 g/mol. The summed E-state index contributed by atoms with van der Waals surface area (Å²) < 4.78 is 45.1. The molecule has 0 radical (unpaired) electrons. The van der Waals surface area contributed by atoms with Gasteiger partial charge in [-0.1, -0.05) is 0 Å². The van der Waals surface area contributed by atoms with E-state index in [0.717, 1.165) is 12.1 Å². The van der Waals surface area contributed by atoms with Crippen LogP contribution in [0.25, 0.3) is 0 Å². The zero-order valence-electron chi connectivity index (χ0n) is 10.4.